The Morgan fingerprint density at radius 2 is 2.09 bits per heavy atom. The van der Waals surface area contributed by atoms with Crippen LogP contribution in [0.2, 0.25) is 0 Å². The highest BCUT2D eigenvalue weighted by atomic mass is 16.5. The number of nitrogens with zero attached hydrogens (tertiary/aromatic N) is 4. The fraction of sp³-hybridized carbons (Fsp3) is 0.286. The Hall–Kier alpha value is -3.10. The number of nitrogens with one attached hydrogen (secondary N) is 2. The van der Waals surface area contributed by atoms with Gasteiger partial charge in [0, 0.05) is 13.1 Å². The molecule has 22 heavy (non-hydrogen) atoms. The number of hydrogen-bond donors (Lipinski definition) is 3. The van der Waals surface area contributed by atoms with Crippen molar-refractivity contribution in [3.05, 3.63) is 23.8 Å². The standard InChI is InChI=1S/C14H15N7O/c15-8-10-7-11(19-20-12(9-16)14(17)18)1-2-13(10)21-3-5-22-6-4-21/h1-2,7,19H,3-6H2,(H3,17,18)/b20-12+. The Morgan fingerprint density at radius 3 is 2.68 bits per heavy atom. The fourth-order valence-corrected chi connectivity index (χ4v) is 2.04. The lowest BCUT2D eigenvalue weighted by atomic mass is 10.1. The second-order valence-corrected chi connectivity index (χ2v) is 4.54. The van der Waals surface area contributed by atoms with Gasteiger partial charge < -0.3 is 15.4 Å². The van der Waals surface area contributed by atoms with Crippen LogP contribution in [0.25, 0.3) is 0 Å². The van der Waals surface area contributed by atoms with Crippen molar-refractivity contribution in [3.8, 4) is 12.1 Å². The Morgan fingerprint density at radius 1 is 1.36 bits per heavy atom. The van der Waals surface area contributed by atoms with E-state index in [9.17, 15) is 5.26 Å². The van der Waals surface area contributed by atoms with E-state index < -0.39 is 5.84 Å². The number of morpholine rings is 1. The van der Waals surface area contributed by atoms with Gasteiger partial charge in [0.05, 0.1) is 30.2 Å². The number of hydrogen-bond acceptors (Lipinski definition) is 7. The van der Waals surface area contributed by atoms with Gasteiger partial charge in [0.1, 0.15) is 12.1 Å². The molecule has 1 aromatic rings. The quantitative estimate of drug-likeness (QED) is 0.423. The molecule has 4 N–H and O–H groups in total. The van der Waals surface area contributed by atoms with E-state index in [-0.39, 0.29) is 5.71 Å². The topological polar surface area (TPSA) is 134 Å². The minimum atomic E-state index is -0.416. The van der Waals surface area contributed by atoms with E-state index >= 15 is 0 Å². The summed E-state index contributed by atoms with van der Waals surface area (Å²) in [6.07, 6.45) is 0. The molecule has 0 radical (unpaired) electrons. The van der Waals surface area contributed by atoms with E-state index in [2.05, 4.69) is 21.5 Å². The minimum absolute atomic E-state index is 0.212. The van der Waals surface area contributed by atoms with Gasteiger partial charge in [0.2, 0.25) is 5.71 Å². The maximum atomic E-state index is 9.31. The van der Waals surface area contributed by atoms with E-state index in [4.69, 9.17) is 21.1 Å². The summed E-state index contributed by atoms with van der Waals surface area (Å²) in [6, 6.07) is 9.09. The predicted octanol–water partition coefficient (Wildman–Crippen LogP) is 0.622. The Kier molecular flexibility index (Phi) is 4.91. The second kappa shape index (κ2) is 7.07. The molecule has 0 spiro atoms. The smallest absolute Gasteiger partial charge is 0.201 e. The maximum Gasteiger partial charge on any atom is 0.201 e. The molecule has 1 fully saturated rings. The minimum Gasteiger partial charge on any atom is -0.382 e. The lowest BCUT2D eigenvalue weighted by Crippen LogP contribution is -2.36. The van der Waals surface area contributed by atoms with Crippen LogP contribution in [0.15, 0.2) is 23.3 Å². The molecule has 0 amide bonds. The molecule has 0 bridgehead atoms. The molecule has 1 heterocycles. The molecule has 0 aromatic heterocycles. The molecule has 1 saturated heterocycles. The molecule has 1 aliphatic heterocycles. The summed E-state index contributed by atoms with van der Waals surface area (Å²) in [5.41, 5.74) is 9.52. The first kappa shape index (κ1) is 15.3. The van der Waals surface area contributed by atoms with Gasteiger partial charge in [-0.25, -0.2) is 0 Å². The Balaban J connectivity index is 2.21. The SMILES string of the molecule is N#C/C(=N\Nc1ccc(N2CCOCC2)c(C#N)c1)C(=N)N. The average Bonchev–Trinajstić information content (AvgIpc) is 2.55. The summed E-state index contributed by atoms with van der Waals surface area (Å²) in [4.78, 5) is 2.09. The Labute approximate surface area is 127 Å². The monoisotopic (exact) mass is 297 g/mol. The highest BCUT2D eigenvalue weighted by molar-refractivity contribution is 6.45. The third-order valence-corrected chi connectivity index (χ3v) is 3.13. The number of amidine groups is 1. The molecule has 2 rings (SSSR count). The normalized spacial score (nSPS) is 14.8. The van der Waals surface area contributed by atoms with Gasteiger partial charge in [0.15, 0.2) is 5.84 Å². The summed E-state index contributed by atoms with van der Waals surface area (Å²) in [6.45, 7) is 2.75. The summed E-state index contributed by atoms with van der Waals surface area (Å²) >= 11 is 0. The van der Waals surface area contributed by atoms with Crippen LogP contribution >= 0.6 is 0 Å². The zero-order valence-corrected chi connectivity index (χ0v) is 11.8. The first-order chi connectivity index (χ1) is 10.7. The van der Waals surface area contributed by atoms with Crippen LogP contribution in [0, 0.1) is 28.1 Å². The molecular weight excluding hydrogens is 282 g/mol. The number of nitriles is 2. The van der Waals surface area contributed by atoms with Crippen molar-refractivity contribution in [3.63, 3.8) is 0 Å². The van der Waals surface area contributed by atoms with Gasteiger partial charge in [0.25, 0.3) is 0 Å². The van der Waals surface area contributed by atoms with Crippen LogP contribution in [0.3, 0.4) is 0 Å². The molecule has 0 saturated carbocycles. The van der Waals surface area contributed by atoms with Crippen molar-refractivity contribution in [2.45, 2.75) is 0 Å². The van der Waals surface area contributed by atoms with Gasteiger partial charge in [-0.15, -0.1) is 0 Å². The lowest BCUT2D eigenvalue weighted by Gasteiger charge is -2.29. The first-order valence-corrected chi connectivity index (χ1v) is 6.60. The van der Waals surface area contributed by atoms with Gasteiger partial charge >= 0.3 is 0 Å². The molecule has 1 aromatic carbocycles. The summed E-state index contributed by atoms with van der Waals surface area (Å²) < 4.78 is 5.30. The molecular formula is C14H15N7O. The number of rotatable bonds is 4. The number of benzene rings is 1. The zero-order chi connectivity index (χ0) is 15.9. The molecule has 8 nitrogen and oxygen atoms in total. The van der Waals surface area contributed by atoms with Crippen LogP contribution in [0.5, 0.6) is 0 Å². The predicted molar refractivity (Wildman–Crippen MR) is 82.8 cm³/mol. The van der Waals surface area contributed by atoms with Crippen LogP contribution < -0.4 is 16.1 Å². The third-order valence-electron chi connectivity index (χ3n) is 3.13. The molecule has 1 aliphatic rings. The van der Waals surface area contributed by atoms with Crippen molar-refractivity contribution in [1.29, 1.82) is 15.9 Å². The largest absolute Gasteiger partial charge is 0.382 e. The van der Waals surface area contributed by atoms with E-state index in [0.717, 1.165) is 18.8 Å². The van der Waals surface area contributed by atoms with Crippen molar-refractivity contribution < 1.29 is 4.74 Å². The summed E-state index contributed by atoms with van der Waals surface area (Å²) in [5, 5.41) is 29.0. The van der Waals surface area contributed by atoms with Crippen LogP contribution in [0.4, 0.5) is 11.4 Å². The van der Waals surface area contributed by atoms with Gasteiger partial charge in [-0.3, -0.25) is 10.8 Å². The van der Waals surface area contributed by atoms with Gasteiger partial charge in [-0.1, -0.05) is 0 Å². The van der Waals surface area contributed by atoms with E-state index in [1.54, 1.807) is 18.2 Å². The Bertz CT molecular complexity index is 677. The van der Waals surface area contributed by atoms with E-state index in [0.29, 0.717) is 24.5 Å². The number of hydrazone groups is 1. The van der Waals surface area contributed by atoms with Crippen molar-refractivity contribution in [1.82, 2.24) is 0 Å². The maximum absolute atomic E-state index is 9.31. The molecule has 0 unspecified atom stereocenters. The van der Waals surface area contributed by atoms with Crippen LogP contribution in [-0.4, -0.2) is 37.9 Å². The first-order valence-electron chi connectivity index (χ1n) is 6.60. The summed E-state index contributed by atoms with van der Waals surface area (Å²) in [5.74, 6) is -0.416. The number of anilines is 2. The van der Waals surface area contributed by atoms with Crippen molar-refractivity contribution in [2.24, 2.45) is 10.8 Å². The fourth-order valence-electron chi connectivity index (χ4n) is 2.04. The third kappa shape index (κ3) is 3.51. The molecule has 8 heteroatoms. The van der Waals surface area contributed by atoms with Crippen molar-refractivity contribution >= 4 is 22.9 Å². The van der Waals surface area contributed by atoms with Gasteiger partial charge in [-0.05, 0) is 18.2 Å². The van der Waals surface area contributed by atoms with E-state index in [1.165, 1.54) is 0 Å². The summed E-state index contributed by atoms with van der Waals surface area (Å²) in [7, 11) is 0. The molecule has 0 aliphatic carbocycles. The average molecular weight is 297 g/mol. The zero-order valence-electron chi connectivity index (χ0n) is 11.8. The van der Waals surface area contributed by atoms with Crippen LogP contribution in [-0.2, 0) is 4.74 Å². The molecule has 0 atom stereocenters. The second-order valence-electron chi connectivity index (χ2n) is 4.54. The van der Waals surface area contributed by atoms with Gasteiger partial charge in [-0.2, -0.15) is 15.6 Å². The number of nitrogens with two attached hydrogens (primary N) is 1. The van der Waals surface area contributed by atoms with Crippen molar-refractivity contribution in [2.75, 3.05) is 36.6 Å². The lowest BCUT2D eigenvalue weighted by molar-refractivity contribution is 0.122. The highest BCUT2D eigenvalue weighted by Gasteiger charge is 2.15. The highest BCUT2D eigenvalue weighted by Crippen LogP contribution is 2.24. The van der Waals surface area contributed by atoms with Crippen LogP contribution in [0.1, 0.15) is 5.56 Å². The van der Waals surface area contributed by atoms with E-state index in [1.807, 2.05) is 6.07 Å². The number of ether oxygens (including phenoxy) is 1. The molecule has 112 valence electrons.